The van der Waals surface area contributed by atoms with Crippen molar-refractivity contribution in [2.45, 2.75) is 20.0 Å². The van der Waals surface area contributed by atoms with E-state index in [1.54, 1.807) is 12.1 Å². The van der Waals surface area contributed by atoms with Gasteiger partial charge < -0.3 is 15.1 Å². The summed E-state index contributed by atoms with van der Waals surface area (Å²) in [6.07, 6.45) is 2.91. The maximum absolute atomic E-state index is 11.6. The Bertz CT molecular complexity index is 561. The Kier molecular flexibility index (Phi) is 3.91. The number of rotatable bonds is 5. The van der Waals surface area contributed by atoms with Crippen LogP contribution in [0, 0.1) is 0 Å². The summed E-state index contributed by atoms with van der Waals surface area (Å²) < 4.78 is 5.08. The lowest BCUT2D eigenvalue weighted by Gasteiger charge is -2.02. The standard InChI is InChI=1S/C11H13N5O3/c1-8(17)14-10-6-13-16(15-10)7-11(18)12-5-9-3-2-4-19-9/h2-4,6H,5,7H2,1H3,(H,12,18)(H,14,15,17). The lowest BCUT2D eigenvalue weighted by molar-refractivity contribution is -0.122. The van der Waals surface area contributed by atoms with Gasteiger partial charge >= 0.3 is 0 Å². The molecule has 0 spiro atoms. The third-order valence-electron chi connectivity index (χ3n) is 2.17. The van der Waals surface area contributed by atoms with Gasteiger partial charge in [0.1, 0.15) is 12.3 Å². The quantitative estimate of drug-likeness (QED) is 0.799. The van der Waals surface area contributed by atoms with Gasteiger partial charge in [-0.2, -0.15) is 9.90 Å². The summed E-state index contributed by atoms with van der Waals surface area (Å²) in [5.74, 6) is 0.489. The van der Waals surface area contributed by atoms with Gasteiger partial charge in [0.2, 0.25) is 11.8 Å². The summed E-state index contributed by atoms with van der Waals surface area (Å²) >= 11 is 0. The van der Waals surface area contributed by atoms with E-state index >= 15 is 0 Å². The van der Waals surface area contributed by atoms with Gasteiger partial charge in [0.05, 0.1) is 19.0 Å². The van der Waals surface area contributed by atoms with Crippen LogP contribution >= 0.6 is 0 Å². The molecule has 2 rings (SSSR count). The van der Waals surface area contributed by atoms with Crippen molar-refractivity contribution in [2.75, 3.05) is 5.32 Å². The summed E-state index contributed by atoms with van der Waals surface area (Å²) in [7, 11) is 0. The Balaban J connectivity index is 1.81. The predicted molar refractivity (Wildman–Crippen MR) is 64.9 cm³/mol. The average molecular weight is 263 g/mol. The van der Waals surface area contributed by atoms with Crippen molar-refractivity contribution in [3.63, 3.8) is 0 Å². The molecule has 0 aliphatic rings. The third-order valence-corrected chi connectivity index (χ3v) is 2.17. The molecule has 2 N–H and O–H groups in total. The van der Waals surface area contributed by atoms with Gasteiger partial charge in [-0.25, -0.2) is 0 Å². The molecule has 0 aliphatic carbocycles. The van der Waals surface area contributed by atoms with Crippen molar-refractivity contribution in [1.82, 2.24) is 20.3 Å². The van der Waals surface area contributed by atoms with Crippen molar-refractivity contribution in [3.8, 4) is 0 Å². The summed E-state index contributed by atoms with van der Waals surface area (Å²) in [5, 5.41) is 12.9. The maximum Gasteiger partial charge on any atom is 0.243 e. The lowest BCUT2D eigenvalue weighted by atomic mass is 10.4. The monoisotopic (exact) mass is 263 g/mol. The minimum atomic E-state index is -0.249. The number of aromatic nitrogens is 3. The van der Waals surface area contributed by atoms with Gasteiger partial charge in [0.25, 0.3) is 0 Å². The van der Waals surface area contributed by atoms with E-state index in [2.05, 4.69) is 20.8 Å². The van der Waals surface area contributed by atoms with E-state index in [-0.39, 0.29) is 18.4 Å². The summed E-state index contributed by atoms with van der Waals surface area (Å²) in [6, 6.07) is 3.51. The van der Waals surface area contributed by atoms with Gasteiger partial charge in [-0.3, -0.25) is 9.59 Å². The van der Waals surface area contributed by atoms with E-state index in [1.807, 2.05) is 0 Å². The summed E-state index contributed by atoms with van der Waals surface area (Å²) in [5.41, 5.74) is 0. The first-order chi connectivity index (χ1) is 9.13. The minimum absolute atomic E-state index is 0.0275. The Morgan fingerprint density at radius 3 is 3.00 bits per heavy atom. The molecule has 2 aromatic heterocycles. The zero-order valence-electron chi connectivity index (χ0n) is 10.3. The van der Waals surface area contributed by atoms with E-state index in [0.717, 1.165) is 0 Å². The van der Waals surface area contributed by atoms with Crippen LogP contribution < -0.4 is 10.6 Å². The van der Waals surface area contributed by atoms with Crippen molar-refractivity contribution >= 4 is 17.6 Å². The fourth-order valence-electron chi connectivity index (χ4n) is 1.39. The van der Waals surface area contributed by atoms with E-state index < -0.39 is 0 Å². The number of nitrogens with one attached hydrogen (secondary N) is 2. The van der Waals surface area contributed by atoms with Crippen molar-refractivity contribution in [1.29, 1.82) is 0 Å². The molecule has 0 unspecified atom stereocenters. The highest BCUT2D eigenvalue weighted by atomic mass is 16.3. The number of furan rings is 1. The molecule has 0 atom stereocenters. The van der Waals surface area contributed by atoms with Crippen LogP contribution in [0.4, 0.5) is 5.82 Å². The largest absolute Gasteiger partial charge is 0.467 e. The highest BCUT2D eigenvalue weighted by Gasteiger charge is 2.07. The molecule has 0 saturated carbocycles. The van der Waals surface area contributed by atoms with Crippen LogP contribution in [0.5, 0.6) is 0 Å². The molecule has 0 fully saturated rings. The minimum Gasteiger partial charge on any atom is -0.467 e. The Labute approximate surface area is 108 Å². The zero-order valence-corrected chi connectivity index (χ0v) is 10.3. The SMILES string of the molecule is CC(=O)Nc1cnn(CC(=O)NCc2ccco2)n1. The van der Waals surface area contributed by atoms with Crippen LogP contribution in [0.1, 0.15) is 12.7 Å². The van der Waals surface area contributed by atoms with Gasteiger partial charge in [0.15, 0.2) is 5.82 Å². The number of hydrogen-bond acceptors (Lipinski definition) is 5. The molecule has 2 heterocycles. The number of hydrogen-bond donors (Lipinski definition) is 2. The summed E-state index contributed by atoms with van der Waals surface area (Å²) in [6.45, 7) is 1.65. The smallest absolute Gasteiger partial charge is 0.243 e. The molecular weight excluding hydrogens is 250 g/mol. The van der Waals surface area contributed by atoms with Crippen molar-refractivity contribution in [2.24, 2.45) is 0 Å². The number of nitrogens with zero attached hydrogens (tertiary/aromatic N) is 3. The lowest BCUT2D eigenvalue weighted by Crippen LogP contribution is -2.27. The van der Waals surface area contributed by atoms with Crippen LogP contribution in [0.2, 0.25) is 0 Å². The highest BCUT2D eigenvalue weighted by Crippen LogP contribution is 2.00. The molecule has 2 amide bonds. The molecule has 8 heteroatoms. The first-order valence-corrected chi connectivity index (χ1v) is 5.60. The van der Waals surface area contributed by atoms with E-state index in [9.17, 15) is 9.59 Å². The van der Waals surface area contributed by atoms with Crippen LogP contribution in [-0.4, -0.2) is 26.8 Å². The van der Waals surface area contributed by atoms with Crippen LogP contribution in [-0.2, 0) is 22.7 Å². The first-order valence-electron chi connectivity index (χ1n) is 5.60. The number of anilines is 1. The first kappa shape index (κ1) is 12.8. The molecule has 0 saturated heterocycles. The van der Waals surface area contributed by atoms with Gasteiger partial charge in [-0.1, -0.05) is 0 Å². The number of amides is 2. The second-order valence-corrected chi connectivity index (χ2v) is 3.80. The van der Waals surface area contributed by atoms with Crippen molar-refractivity contribution < 1.29 is 14.0 Å². The normalized spacial score (nSPS) is 10.2. The second-order valence-electron chi connectivity index (χ2n) is 3.80. The van der Waals surface area contributed by atoms with Crippen LogP contribution in [0.25, 0.3) is 0 Å². The maximum atomic E-state index is 11.6. The fourth-order valence-corrected chi connectivity index (χ4v) is 1.39. The molecule has 0 aromatic carbocycles. The molecule has 100 valence electrons. The molecule has 2 aromatic rings. The molecule has 0 bridgehead atoms. The number of carbonyl (C=O) groups excluding carboxylic acids is 2. The van der Waals surface area contributed by atoms with Gasteiger partial charge in [-0.15, -0.1) is 5.10 Å². The summed E-state index contributed by atoms with van der Waals surface area (Å²) in [4.78, 5) is 23.6. The van der Waals surface area contributed by atoms with E-state index in [4.69, 9.17) is 4.42 Å². The molecule has 0 radical (unpaired) electrons. The molecule has 0 aliphatic heterocycles. The highest BCUT2D eigenvalue weighted by molar-refractivity contribution is 5.87. The number of carbonyl (C=O) groups is 2. The van der Waals surface area contributed by atoms with Gasteiger partial charge in [0, 0.05) is 6.92 Å². The molecule has 19 heavy (non-hydrogen) atoms. The predicted octanol–water partition coefficient (Wildman–Crippen LogP) is 0.146. The zero-order chi connectivity index (χ0) is 13.7. The van der Waals surface area contributed by atoms with Crippen LogP contribution in [0.15, 0.2) is 29.0 Å². The average Bonchev–Trinajstić information content (AvgIpc) is 2.97. The fraction of sp³-hybridized carbons (Fsp3) is 0.273. The Morgan fingerprint density at radius 2 is 2.32 bits per heavy atom. The molecule has 8 nitrogen and oxygen atoms in total. The second kappa shape index (κ2) is 5.80. The van der Waals surface area contributed by atoms with Crippen LogP contribution in [0.3, 0.4) is 0 Å². The molecular formula is C11H13N5O3. The topological polar surface area (TPSA) is 102 Å². The van der Waals surface area contributed by atoms with Crippen molar-refractivity contribution in [3.05, 3.63) is 30.4 Å². The van der Waals surface area contributed by atoms with E-state index in [1.165, 1.54) is 24.2 Å². The Morgan fingerprint density at radius 1 is 1.47 bits per heavy atom. The third kappa shape index (κ3) is 3.95. The van der Waals surface area contributed by atoms with Gasteiger partial charge in [-0.05, 0) is 12.1 Å². The van der Waals surface area contributed by atoms with E-state index in [0.29, 0.717) is 18.1 Å². The Hall–Kier alpha value is -2.64.